The number of aryl methyl sites for hydroxylation is 3. The normalized spacial score (nSPS) is 22.3. The Morgan fingerprint density at radius 3 is 1.76 bits per heavy atom. The largest absolute Gasteiger partial charge is 0.213 e. The third-order valence-corrected chi connectivity index (χ3v) is 9.83. The summed E-state index contributed by atoms with van der Waals surface area (Å²) in [6.45, 7) is 19.4. The zero-order chi connectivity index (χ0) is 29.6. The van der Waals surface area contributed by atoms with E-state index in [-0.39, 0.29) is 21.7 Å². The second-order valence-corrected chi connectivity index (χ2v) is 14.6. The van der Waals surface area contributed by atoms with E-state index in [1.54, 1.807) is 6.07 Å². The summed E-state index contributed by atoms with van der Waals surface area (Å²) in [5.74, 6) is 0. The van der Waals surface area contributed by atoms with Crippen LogP contribution in [0, 0.1) is 13.8 Å². The van der Waals surface area contributed by atoms with Crippen molar-refractivity contribution in [3.63, 3.8) is 0 Å². The Morgan fingerprint density at radius 1 is 0.703 bits per heavy atom. The average Bonchev–Trinajstić information content (AvgIpc) is 2.84. The fourth-order valence-corrected chi connectivity index (χ4v) is 7.16. The molecule has 1 heteroatoms. The highest BCUT2D eigenvalue weighted by Crippen LogP contribution is 2.57. The van der Waals surface area contributed by atoms with Crippen LogP contribution in [0.5, 0.6) is 0 Å². The molecule has 0 unspecified atom stereocenters. The summed E-state index contributed by atoms with van der Waals surface area (Å²) >= 11 is 0. The van der Waals surface area contributed by atoms with Gasteiger partial charge in [0.25, 0.3) is 0 Å². The third kappa shape index (κ3) is 4.18. The molecule has 1 aromatic heterocycles. The quantitative estimate of drug-likeness (QED) is 0.311. The van der Waals surface area contributed by atoms with Gasteiger partial charge in [0.15, 0.2) is 6.20 Å². The zero-order valence-corrected chi connectivity index (χ0v) is 24.8. The van der Waals surface area contributed by atoms with Gasteiger partial charge in [-0.05, 0) is 106 Å². The van der Waals surface area contributed by atoms with Gasteiger partial charge in [-0.1, -0.05) is 79.2 Å². The zero-order valence-electron chi connectivity index (χ0n) is 27.8. The Bertz CT molecular complexity index is 1450. The monoisotopic (exact) mass is 497 g/mol. The summed E-state index contributed by atoms with van der Waals surface area (Å²) in [5, 5.41) is 0. The van der Waals surface area contributed by atoms with Gasteiger partial charge in [-0.15, -0.1) is 0 Å². The molecule has 0 saturated carbocycles. The van der Waals surface area contributed by atoms with E-state index in [0.717, 1.165) is 16.8 Å². The predicted octanol–water partition coefficient (Wildman–Crippen LogP) is 9.16. The second-order valence-electron chi connectivity index (χ2n) is 14.6. The van der Waals surface area contributed by atoms with Crippen molar-refractivity contribution in [1.82, 2.24) is 0 Å². The maximum absolute atomic E-state index is 7.88. The molecule has 0 amide bonds. The minimum absolute atomic E-state index is 0.0718. The maximum Gasteiger partial charge on any atom is 0.213 e. The Balaban J connectivity index is 1.87. The number of fused-ring (bicyclic) bond motifs is 2. The van der Waals surface area contributed by atoms with Crippen LogP contribution in [0.15, 0.2) is 42.6 Å². The SMILES string of the molecule is [2H]C([2H])([2H])c1ccc(-c2cc(-c3c4c(cc5c3C(C)(C)CCC5(C)C)C(C)(C)CCC4(C)C)cc[n+]2C)c(C)c1. The lowest BCUT2D eigenvalue weighted by atomic mass is 9.55. The lowest BCUT2D eigenvalue weighted by Crippen LogP contribution is -2.40. The molecule has 0 radical (unpaired) electrons. The minimum Gasteiger partial charge on any atom is -0.201 e. The van der Waals surface area contributed by atoms with Gasteiger partial charge in [0.2, 0.25) is 5.69 Å². The van der Waals surface area contributed by atoms with Crippen LogP contribution in [-0.4, -0.2) is 0 Å². The molecule has 2 aliphatic rings. The van der Waals surface area contributed by atoms with Gasteiger partial charge in [-0.3, -0.25) is 0 Å². The summed E-state index contributed by atoms with van der Waals surface area (Å²) in [4.78, 5) is 0. The van der Waals surface area contributed by atoms with Crippen molar-refractivity contribution in [3.05, 3.63) is 76.0 Å². The van der Waals surface area contributed by atoms with E-state index in [2.05, 4.69) is 91.4 Å². The molecular formula is C36H48N+. The summed E-state index contributed by atoms with van der Waals surface area (Å²) in [6, 6.07) is 12.9. The molecule has 196 valence electrons. The molecule has 0 bridgehead atoms. The molecule has 0 fully saturated rings. The van der Waals surface area contributed by atoms with Crippen LogP contribution in [0.2, 0.25) is 0 Å². The van der Waals surface area contributed by atoms with Gasteiger partial charge in [0.1, 0.15) is 7.05 Å². The molecule has 0 atom stereocenters. The van der Waals surface area contributed by atoms with Crippen molar-refractivity contribution >= 4 is 0 Å². The minimum atomic E-state index is -2.10. The number of nitrogens with zero attached hydrogens (tertiary/aromatic N) is 1. The predicted molar refractivity (Wildman–Crippen MR) is 159 cm³/mol. The number of aromatic nitrogens is 1. The molecule has 0 spiro atoms. The highest BCUT2D eigenvalue weighted by Gasteiger charge is 2.46. The fourth-order valence-electron chi connectivity index (χ4n) is 7.16. The topological polar surface area (TPSA) is 3.88 Å². The van der Waals surface area contributed by atoms with Gasteiger partial charge >= 0.3 is 0 Å². The number of pyridine rings is 1. The smallest absolute Gasteiger partial charge is 0.201 e. The summed E-state index contributed by atoms with van der Waals surface area (Å²) in [7, 11) is 2.09. The van der Waals surface area contributed by atoms with Crippen LogP contribution in [0.4, 0.5) is 0 Å². The number of hydrogen-bond acceptors (Lipinski definition) is 0. The van der Waals surface area contributed by atoms with E-state index < -0.39 is 6.85 Å². The molecule has 0 saturated heterocycles. The van der Waals surface area contributed by atoms with E-state index >= 15 is 0 Å². The molecule has 2 aliphatic carbocycles. The van der Waals surface area contributed by atoms with Gasteiger partial charge < -0.3 is 0 Å². The first-order valence-electron chi connectivity index (χ1n) is 15.6. The van der Waals surface area contributed by atoms with Crippen LogP contribution in [0.1, 0.15) is 119 Å². The molecule has 1 nitrogen and oxygen atoms in total. The average molecular weight is 498 g/mol. The Labute approximate surface area is 230 Å². The van der Waals surface area contributed by atoms with Crippen LogP contribution in [0.3, 0.4) is 0 Å². The van der Waals surface area contributed by atoms with Gasteiger partial charge in [-0.2, -0.15) is 0 Å². The maximum atomic E-state index is 7.88. The van der Waals surface area contributed by atoms with Crippen LogP contribution in [0.25, 0.3) is 22.4 Å². The summed E-state index contributed by atoms with van der Waals surface area (Å²) in [6.07, 6.45) is 6.92. The lowest BCUT2D eigenvalue weighted by molar-refractivity contribution is -0.660. The van der Waals surface area contributed by atoms with E-state index in [4.69, 9.17) is 4.11 Å². The van der Waals surface area contributed by atoms with Crippen LogP contribution < -0.4 is 4.57 Å². The van der Waals surface area contributed by atoms with Gasteiger partial charge in [-0.25, -0.2) is 4.57 Å². The summed E-state index contributed by atoms with van der Waals surface area (Å²) in [5.41, 5.74) is 12.8. The van der Waals surface area contributed by atoms with Crippen molar-refractivity contribution in [3.8, 4) is 22.4 Å². The van der Waals surface area contributed by atoms with E-state index in [1.165, 1.54) is 59.1 Å². The first kappa shape index (κ1) is 22.6. The van der Waals surface area contributed by atoms with Gasteiger partial charge in [0, 0.05) is 21.8 Å². The lowest BCUT2D eigenvalue weighted by Gasteiger charge is -2.49. The number of benzene rings is 2. The standard InChI is InChI=1S/C36H48N/c1-23-12-13-26(24(2)20-23)29-21-25(14-19-37(29)11)30-31-27(33(3,4)15-17-35(31,7)8)22-28-32(30)36(9,10)18-16-34(28,5)6/h12-14,19-22H,15-18H2,1-11H3/q+1/i1D3. The van der Waals surface area contributed by atoms with Crippen molar-refractivity contribution in [2.45, 2.75) is 117 Å². The van der Waals surface area contributed by atoms with E-state index in [9.17, 15) is 0 Å². The Kier molecular flexibility index (Phi) is 5.06. The van der Waals surface area contributed by atoms with Crippen LogP contribution >= 0.6 is 0 Å². The van der Waals surface area contributed by atoms with Crippen molar-refractivity contribution in [2.24, 2.45) is 7.05 Å². The molecule has 0 aliphatic heterocycles. The third-order valence-electron chi connectivity index (χ3n) is 9.83. The fraction of sp³-hybridized carbons (Fsp3) is 0.528. The van der Waals surface area contributed by atoms with E-state index in [1.807, 2.05) is 19.1 Å². The first-order valence-corrected chi connectivity index (χ1v) is 14.1. The van der Waals surface area contributed by atoms with Crippen molar-refractivity contribution in [2.75, 3.05) is 0 Å². The van der Waals surface area contributed by atoms with Crippen molar-refractivity contribution < 1.29 is 8.68 Å². The highest BCUT2D eigenvalue weighted by atomic mass is 14.9. The number of hydrogen-bond donors (Lipinski definition) is 0. The molecule has 2 aromatic carbocycles. The molecule has 3 aromatic rings. The van der Waals surface area contributed by atoms with E-state index in [0.29, 0.717) is 5.56 Å². The molecule has 1 heterocycles. The Hall–Kier alpha value is -2.41. The molecule has 5 rings (SSSR count). The molecule has 37 heavy (non-hydrogen) atoms. The van der Waals surface area contributed by atoms with Crippen LogP contribution in [-0.2, 0) is 28.7 Å². The molecular weight excluding hydrogens is 446 g/mol. The van der Waals surface area contributed by atoms with Crippen molar-refractivity contribution in [1.29, 1.82) is 0 Å². The number of rotatable bonds is 2. The first-order chi connectivity index (χ1) is 18.3. The Morgan fingerprint density at radius 2 is 1.24 bits per heavy atom. The molecule has 0 N–H and O–H groups in total. The van der Waals surface area contributed by atoms with Gasteiger partial charge in [0.05, 0.1) is 0 Å². The second kappa shape index (κ2) is 8.29. The highest BCUT2D eigenvalue weighted by molar-refractivity contribution is 5.80. The summed E-state index contributed by atoms with van der Waals surface area (Å²) < 4.78 is 25.8.